The second kappa shape index (κ2) is 3.29. The molecule has 2 nitrogen and oxygen atoms in total. The molecule has 0 radical (unpaired) electrons. The molecular formula is C16H12O2. The predicted molar refractivity (Wildman–Crippen MR) is 67.8 cm³/mol. The topological polar surface area (TPSA) is 34.1 Å². The maximum Gasteiger partial charge on any atom is 0.186 e. The molecule has 2 heteroatoms. The molecule has 4 aliphatic rings. The first-order valence-electron chi connectivity index (χ1n) is 6.39. The number of allylic oxidation sites excluding steroid dienone is 10. The van der Waals surface area contributed by atoms with E-state index >= 15 is 0 Å². The molecule has 0 amide bonds. The van der Waals surface area contributed by atoms with Gasteiger partial charge >= 0.3 is 0 Å². The Morgan fingerprint density at radius 3 is 1.39 bits per heavy atom. The Labute approximate surface area is 105 Å². The summed E-state index contributed by atoms with van der Waals surface area (Å²) in [5.41, 5.74) is 6.09. The van der Waals surface area contributed by atoms with Crippen molar-refractivity contribution in [2.75, 3.05) is 0 Å². The number of rotatable bonds is 0. The Kier molecular flexibility index (Phi) is 1.83. The third kappa shape index (κ3) is 1.13. The van der Waals surface area contributed by atoms with Crippen LogP contribution in [0, 0.1) is 0 Å². The molecule has 0 aromatic carbocycles. The number of carbonyl (C=O) groups excluding carboxylic acids is 2. The zero-order chi connectivity index (χ0) is 12.3. The summed E-state index contributed by atoms with van der Waals surface area (Å²) < 4.78 is 0. The van der Waals surface area contributed by atoms with E-state index in [0.29, 0.717) is 11.1 Å². The Bertz CT molecular complexity index is 605. The summed E-state index contributed by atoms with van der Waals surface area (Å²) >= 11 is 0. The van der Waals surface area contributed by atoms with Crippen LogP contribution in [0.1, 0.15) is 25.7 Å². The van der Waals surface area contributed by atoms with Gasteiger partial charge in [-0.2, -0.15) is 0 Å². The van der Waals surface area contributed by atoms with Crippen molar-refractivity contribution in [2.45, 2.75) is 25.7 Å². The molecule has 0 saturated heterocycles. The molecule has 0 saturated carbocycles. The van der Waals surface area contributed by atoms with Gasteiger partial charge in [0.2, 0.25) is 0 Å². The fraction of sp³-hybridized carbons (Fsp3) is 0.250. The standard InChI is InChI=1S/C16H12O2/c17-13-7-3-9-1-5-11(9)15(13)16-12-6-2-10(12)4-8-14(16)18/h3-4,7-8H,1-2,5-6H2/b16-15-. The van der Waals surface area contributed by atoms with Crippen LogP contribution in [-0.4, -0.2) is 11.6 Å². The smallest absolute Gasteiger partial charge is 0.186 e. The molecule has 0 aromatic heterocycles. The SMILES string of the molecule is O=C1C=CC2=C(CC2)/C1=C1/C(=O)C=CC2=C1CC2. The number of carbonyl (C=O) groups is 2. The van der Waals surface area contributed by atoms with Crippen LogP contribution in [0.25, 0.3) is 0 Å². The molecule has 0 unspecified atom stereocenters. The summed E-state index contributed by atoms with van der Waals surface area (Å²) in [4.78, 5) is 24.3. The van der Waals surface area contributed by atoms with Gasteiger partial charge in [-0.15, -0.1) is 0 Å². The molecule has 4 rings (SSSR count). The van der Waals surface area contributed by atoms with Crippen molar-refractivity contribution in [2.24, 2.45) is 0 Å². The van der Waals surface area contributed by atoms with E-state index in [-0.39, 0.29) is 11.6 Å². The van der Waals surface area contributed by atoms with Crippen molar-refractivity contribution in [3.8, 4) is 0 Å². The van der Waals surface area contributed by atoms with E-state index in [9.17, 15) is 9.59 Å². The van der Waals surface area contributed by atoms with Crippen molar-refractivity contribution < 1.29 is 9.59 Å². The van der Waals surface area contributed by atoms with Crippen molar-refractivity contribution >= 4 is 11.6 Å². The number of ketones is 2. The van der Waals surface area contributed by atoms with Gasteiger partial charge in [-0.25, -0.2) is 0 Å². The van der Waals surface area contributed by atoms with Gasteiger partial charge in [0.05, 0.1) is 0 Å². The van der Waals surface area contributed by atoms with Crippen molar-refractivity contribution in [1.29, 1.82) is 0 Å². The highest BCUT2D eigenvalue weighted by atomic mass is 16.1. The molecule has 0 atom stereocenters. The minimum Gasteiger partial charge on any atom is -0.289 e. The lowest BCUT2D eigenvalue weighted by Crippen LogP contribution is -2.24. The van der Waals surface area contributed by atoms with Gasteiger partial charge in [-0.1, -0.05) is 12.2 Å². The average molecular weight is 236 g/mol. The van der Waals surface area contributed by atoms with E-state index < -0.39 is 0 Å². The lowest BCUT2D eigenvalue weighted by Gasteiger charge is -2.32. The van der Waals surface area contributed by atoms with Crippen molar-refractivity contribution in [3.05, 3.63) is 57.7 Å². The van der Waals surface area contributed by atoms with Crippen molar-refractivity contribution in [1.82, 2.24) is 0 Å². The fourth-order valence-corrected chi connectivity index (χ4v) is 3.09. The summed E-state index contributed by atoms with van der Waals surface area (Å²) in [6.07, 6.45) is 11.0. The van der Waals surface area contributed by atoms with Crippen LogP contribution in [0.5, 0.6) is 0 Å². The van der Waals surface area contributed by atoms with Crippen LogP contribution in [0.15, 0.2) is 57.7 Å². The molecule has 4 aliphatic carbocycles. The van der Waals surface area contributed by atoms with Crippen molar-refractivity contribution in [3.63, 3.8) is 0 Å². The normalized spacial score (nSPS) is 29.1. The minimum absolute atomic E-state index is 0.00542. The first-order chi connectivity index (χ1) is 8.75. The molecule has 0 N–H and O–H groups in total. The molecule has 0 heterocycles. The summed E-state index contributed by atoms with van der Waals surface area (Å²) in [6, 6.07) is 0. The van der Waals surface area contributed by atoms with Gasteiger partial charge in [0.1, 0.15) is 0 Å². The zero-order valence-electron chi connectivity index (χ0n) is 9.95. The predicted octanol–water partition coefficient (Wildman–Crippen LogP) is 2.74. The highest BCUT2D eigenvalue weighted by Gasteiger charge is 2.35. The van der Waals surface area contributed by atoms with Gasteiger partial charge in [0.15, 0.2) is 11.6 Å². The molecule has 88 valence electrons. The third-order valence-corrected chi connectivity index (χ3v) is 4.28. The first kappa shape index (κ1) is 10.0. The van der Waals surface area contributed by atoms with Crippen LogP contribution in [0.4, 0.5) is 0 Å². The minimum atomic E-state index is 0.00542. The Hall–Kier alpha value is -1.96. The van der Waals surface area contributed by atoms with E-state index in [4.69, 9.17) is 0 Å². The largest absolute Gasteiger partial charge is 0.289 e. The fourth-order valence-electron chi connectivity index (χ4n) is 3.09. The average Bonchev–Trinajstić information content (AvgIpc) is 2.27. The quantitative estimate of drug-likeness (QED) is 0.606. The van der Waals surface area contributed by atoms with Crippen LogP contribution in [0.3, 0.4) is 0 Å². The lowest BCUT2D eigenvalue weighted by atomic mass is 9.70. The highest BCUT2D eigenvalue weighted by Crippen LogP contribution is 2.45. The summed E-state index contributed by atoms with van der Waals surface area (Å²) in [5.74, 6) is 0.0108. The zero-order valence-corrected chi connectivity index (χ0v) is 9.95. The maximum atomic E-state index is 12.1. The van der Waals surface area contributed by atoms with Gasteiger partial charge < -0.3 is 0 Å². The second-order valence-electron chi connectivity index (χ2n) is 5.15. The summed E-state index contributed by atoms with van der Waals surface area (Å²) in [6.45, 7) is 0. The molecule has 0 aromatic rings. The Morgan fingerprint density at radius 2 is 1.06 bits per heavy atom. The Balaban J connectivity index is 1.98. The van der Waals surface area contributed by atoms with Crippen LogP contribution in [-0.2, 0) is 9.59 Å². The number of hydrogen-bond donors (Lipinski definition) is 0. The van der Waals surface area contributed by atoms with E-state index in [1.807, 2.05) is 12.2 Å². The molecular weight excluding hydrogens is 224 g/mol. The monoisotopic (exact) mass is 236 g/mol. The van der Waals surface area contributed by atoms with Gasteiger partial charge in [0.25, 0.3) is 0 Å². The summed E-state index contributed by atoms with van der Waals surface area (Å²) in [7, 11) is 0. The van der Waals surface area contributed by atoms with Gasteiger partial charge in [0, 0.05) is 11.1 Å². The van der Waals surface area contributed by atoms with Crippen LogP contribution < -0.4 is 0 Å². The van der Waals surface area contributed by atoms with E-state index in [0.717, 1.165) is 36.8 Å². The molecule has 0 spiro atoms. The third-order valence-electron chi connectivity index (χ3n) is 4.28. The number of hydrogen-bond acceptors (Lipinski definition) is 2. The van der Waals surface area contributed by atoms with E-state index in [1.165, 1.54) is 11.1 Å². The molecule has 0 aliphatic heterocycles. The van der Waals surface area contributed by atoms with Gasteiger partial charge in [-0.3, -0.25) is 9.59 Å². The Morgan fingerprint density at radius 1 is 0.611 bits per heavy atom. The van der Waals surface area contributed by atoms with E-state index in [1.54, 1.807) is 12.2 Å². The van der Waals surface area contributed by atoms with E-state index in [2.05, 4.69) is 0 Å². The summed E-state index contributed by atoms with van der Waals surface area (Å²) in [5, 5.41) is 0. The van der Waals surface area contributed by atoms with Gasteiger partial charge in [-0.05, 0) is 60.1 Å². The first-order valence-corrected chi connectivity index (χ1v) is 6.39. The second-order valence-corrected chi connectivity index (χ2v) is 5.15. The highest BCUT2D eigenvalue weighted by molar-refractivity contribution is 6.20. The van der Waals surface area contributed by atoms with Crippen LogP contribution in [0.2, 0.25) is 0 Å². The molecule has 0 bridgehead atoms. The molecule has 18 heavy (non-hydrogen) atoms. The van der Waals surface area contributed by atoms with Crippen LogP contribution >= 0.6 is 0 Å². The molecule has 0 fully saturated rings. The lowest BCUT2D eigenvalue weighted by molar-refractivity contribution is -0.113. The maximum absolute atomic E-state index is 12.1.